The Bertz CT molecular complexity index is 379. The topological polar surface area (TPSA) is 70.0 Å². The molecule has 2 aliphatic rings. The maximum atomic E-state index is 11.2. The van der Waals surface area contributed by atoms with Crippen molar-refractivity contribution < 1.29 is 8.42 Å². The average molecular weight is 228 g/mol. The molecule has 2 rings (SSSR count). The van der Waals surface area contributed by atoms with Crippen LogP contribution in [0, 0.1) is 16.7 Å². The molecular weight excluding hydrogens is 212 g/mol. The third kappa shape index (κ3) is 2.32. The monoisotopic (exact) mass is 228 g/mol. The summed E-state index contributed by atoms with van der Waals surface area (Å²) in [7, 11) is -2.80. The molecular formula is C10H16N2O2S. The van der Waals surface area contributed by atoms with Crippen molar-refractivity contribution >= 4 is 9.84 Å². The summed E-state index contributed by atoms with van der Waals surface area (Å²) in [6.45, 7) is 0.656. The van der Waals surface area contributed by atoms with Crippen molar-refractivity contribution in [3.8, 4) is 6.07 Å². The van der Waals surface area contributed by atoms with Gasteiger partial charge in [-0.25, -0.2) is 8.42 Å². The lowest BCUT2D eigenvalue weighted by Crippen LogP contribution is -2.43. The minimum absolute atomic E-state index is 0.0702. The van der Waals surface area contributed by atoms with Crippen molar-refractivity contribution in [1.82, 2.24) is 5.32 Å². The summed E-state index contributed by atoms with van der Waals surface area (Å²) in [4.78, 5) is 0. The summed E-state index contributed by atoms with van der Waals surface area (Å²) in [6.07, 6.45) is 3.73. The first kappa shape index (κ1) is 10.9. The van der Waals surface area contributed by atoms with E-state index in [9.17, 15) is 8.42 Å². The fourth-order valence-corrected chi connectivity index (χ4v) is 3.94. The van der Waals surface area contributed by atoms with Crippen LogP contribution >= 0.6 is 0 Å². The van der Waals surface area contributed by atoms with Crippen molar-refractivity contribution in [3.05, 3.63) is 0 Å². The van der Waals surface area contributed by atoms with Crippen molar-refractivity contribution in [3.63, 3.8) is 0 Å². The lowest BCUT2D eigenvalue weighted by Gasteiger charge is -2.36. The Morgan fingerprint density at radius 2 is 2.20 bits per heavy atom. The van der Waals surface area contributed by atoms with Crippen LogP contribution < -0.4 is 5.32 Å². The van der Waals surface area contributed by atoms with E-state index >= 15 is 0 Å². The quantitative estimate of drug-likeness (QED) is 0.761. The van der Waals surface area contributed by atoms with Crippen LogP contribution in [-0.4, -0.2) is 32.5 Å². The van der Waals surface area contributed by atoms with E-state index < -0.39 is 9.84 Å². The number of hydrogen-bond donors (Lipinski definition) is 1. The zero-order valence-corrected chi connectivity index (χ0v) is 9.52. The second-order valence-corrected chi connectivity index (χ2v) is 6.96. The molecule has 15 heavy (non-hydrogen) atoms. The molecule has 1 saturated heterocycles. The second-order valence-electron chi connectivity index (χ2n) is 4.73. The normalized spacial score (nSPS) is 31.8. The van der Waals surface area contributed by atoms with Crippen LogP contribution in [-0.2, 0) is 9.84 Å². The van der Waals surface area contributed by atoms with Crippen LogP contribution in [0.15, 0.2) is 0 Å². The SMILES string of the molecule is N#CC1(CNC2CCS(=O)(=O)C2)CCC1. The van der Waals surface area contributed by atoms with E-state index in [4.69, 9.17) is 5.26 Å². The Morgan fingerprint density at radius 1 is 1.47 bits per heavy atom. The maximum Gasteiger partial charge on any atom is 0.151 e. The Labute approximate surface area is 90.6 Å². The lowest BCUT2D eigenvalue weighted by atomic mass is 9.70. The number of nitrogens with zero attached hydrogens (tertiary/aromatic N) is 1. The molecule has 0 radical (unpaired) electrons. The molecule has 0 aromatic carbocycles. The first-order valence-electron chi connectivity index (χ1n) is 5.40. The van der Waals surface area contributed by atoms with E-state index in [2.05, 4.69) is 11.4 Å². The van der Waals surface area contributed by atoms with Gasteiger partial charge in [0.1, 0.15) is 0 Å². The van der Waals surface area contributed by atoms with Gasteiger partial charge in [-0.1, -0.05) is 6.42 Å². The second kappa shape index (κ2) is 3.76. The molecule has 1 aliphatic carbocycles. The van der Waals surface area contributed by atoms with Crippen LogP contribution in [0.2, 0.25) is 0 Å². The van der Waals surface area contributed by atoms with Crippen LogP contribution in [0.1, 0.15) is 25.7 Å². The predicted octanol–water partition coefficient (Wildman–Crippen LogP) is 0.457. The number of sulfone groups is 1. The van der Waals surface area contributed by atoms with E-state index in [0.717, 1.165) is 19.3 Å². The molecule has 1 atom stereocenters. The summed E-state index contributed by atoms with van der Waals surface area (Å²) in [6, 6.07) is 2.42. The van der Waals surface area contributed by atoms with Gasteiger partial charge in [-0.2, -0.15) is 5.26 Å². The highest BCUT2D eigenvalue weighted by molar-refractivity contribution is 7.91. The zero-order chi connectivity index (χ0) is 10.9. The van der Waals surface area contributed by atoms with Gasteiger partial charge < -0.3 is 5.32 Å². The molecule has 4 nitrogen and oxygen atoms in total. The first-order chi connectivity index (χ1) is 7.05. The van der Waals surface area contributed by atoms with E-state index in [0.29, 0.717) is 18.7 Å². The number of nitriles is 1. The fraction of sp³-hybridized carbons (Fsp3) is 0.900. The first-order valence-corrected chi connectivity index (χ1v) is 7.23. The Hall–Kier alpha value is -0.600. The summed E-state index contributed by atoms with van der Waals surface area (Å²) < 4.78 is 22.4. The molecule has 0 aromatic heterocycles. The molecule has 0 aromatic rings. The molecule has 0 amide bonds. The minimum Gasteiger partial charge on any atom is -0.311 e. The van der Waals surface area contributed by atoms with E-state index in [-0.39, 0.29) is 17.2 Å². The van der Waals surface area contributed by atoms with E-state index in [1.54, 1.807) is 0 Å². The predicted molar refractivity (Wildman–Crippen MR) is 57.0 cm³/mol. The summed E-state index contributed by atoms with van der Waals surface area (Å²) in [5.74, 6) is 0.540. The maximum absolute atomic E-state index is 11.2. The van der Waals surface area contributed by atoms with Gasteiger partial charge in [0.15, 0.2) is 9.84 Å². The third-order valence-corrected chi connectivity index (χ3v) is 5.28. The van der Waals surface area contributed by atoms with Crippen molar-refractivity contribution in [2.75, 3.05) is 18.1 Å². The fourth-order valence-electron chi connectivity index (χ4n) is 2.23. The smallest absolute Gasteiger partial charge is 0.151 e. The molecule has 84 valence electrons. The highest BCUT2D eigenvalue weighted by Gasteiger charge is 2.38. The van der Waals surface area contributed by atoms with Crippen molar-refractivity contribution in [2.45, 2.75) is 31.7 Å². The van der Waals surface area contributed by atoms with Gasteiger partial charge in [-0.3, -0.25) is 0 Å². The molecule has 1 aliphatic heterocycles. The minimum atomic E-state index is -2.80. The molecule has 1 N–H and O–H groups in total. The molecule has 0 bridgehead atoms. The van der Waals surface area contributed by atoms with Gasteiger partial charge in [0.05, 0.1) is 23.0 Å². The Balaban J connectivity index is 1.82. The number of rotatable bonds is 3. The van der Waals surface area contributed by atoms with E-state index in [1.165, 1.54) is 0 Å². The number of nitrogens with one attached hydrogen (secondary N) is 1. The molecule has 5 heteroatoms. The van der Waals surface area contributed by atoms with Crippen LogP contribution in [0.25, 0.3) is 0 Å². The van der Waals surface area contributed by atoms with Crippen LogP contribution in [0.4, 0.5) is 0 Å². The van der Waals surface area contributed by atoms with Crippen molar-refractivity contribution in [1.29, 1.82) is 5.26 Å². The van der Waals surface area contributed by atoms with Crippen LogP contribution in [0.5, 0.6) is 0 Å². The van der Waals surface area contributed by atoms with Gasteiger partial charge in [0, 0.05) is 12.6 Å². The third-order valence-electron chi connectivity index (χ3n) is 3.51. The van der Waals surface area contributed by atoms with Gasteiger partial charge in [-0.05, 0) is 19.3 Å². The van der Waals surface area contributed by atoms with Gasteiger partial charge in [-0.15, -0.1) is 0 Å². The molecule has 1 saturated carbocycles. The lowest BCUT2D eigenvalue weighted by molar-refractivity contribution is 0.201. The summed E-state index contributed by atoms with van der Waals surface area (Å²) in [5, 5.41) is 12.2. The number of hydrogen-bond acceptors (Lipinski definition) is 4. The highest BCUT2D eigenvalue weighted by Crippen LogP contribution is 2.39. The zero-order valence-electron chi connectivity index (χ0n) is 8.70. The van der Waals surface area contributed by atoms with E-state index in [1.807, 2.05) is 0 Å². The summed E-state index contributed by atoms with van der Waals surface area (Å²) >= 11 is 0. The van der Waals surface area contributed by atoms with Gasteiger partial charge in [0.2, 0.25) is 0 Å². The van der Waals surface area contributed by atoms with Crippen molar-refractivity contribution in [2.24, 2.45) is 5.41 Å². The molecule has 2 fully saturated rings. The van der Waals surface area contributed by atoms with Gasteiger partial charge >= 0.3 is 0 Å². The Kier molecular flexibility index (Phi) is 2.73. The summed E-state index contributed by atoms with van der Waals surface area (Å²) in [5.41, 5.74) is -0.202. The Morgan fingerprint density at radius 3 is 2.60 bits per heavy atom. The standard InChI is InChI=1S/C10H16N2O2S/c11-7-10(3-1-4-10)8-12-9-2-5-15(13,14)6-9/h9,12H,1-6,8H2. The van der Waals surface area contributed by atoms with Gasteiger partial charge in [0.25, 0.3) is 0 Å². The molecule has 0 spiro atoms. The molecule has 1 heterocycles. The highest BCUT2D eigenvalue weighted by atomic mass is 32.2. The average Bonchev–Trinajstić information content (AvgIpc) is 2.45. The largest absolute Gasteiger partial charge is 0.311 e. The molecule has 1 unspecified atom stereocenters. The van der Waals surface area contributed by atoms with Crippen LogP contribution in [0.3, 0.4) is 0 Å².